The van der Waals surface area contributed by atoms with Crippen LogP contribution in [0.25, 0.3) is 0 Å². The van der Waals surface area contributed by atoms with Crippen molar-refractivity contribution in [3.8, 4) is 0 Å². The first kappa shape index (κ1) is 40.9. The Morgan fingerprint density at radius 3 is 1.37 bits per heavy atom. The molecule has 2 aliphatic rings. The molecule has 13 nitrogen and oxygen atoms in total. The van der Waals surface area contributed by atoms with Crippen LogP contribution in [0.4, 0.5) is 26.3 Å². The summed E-state index contributed by atoms with van der Waals surface area (Å²) >= 11 is 0. The topological polar surface area (TPSA) is 186 Å². The van der Waals surface area contributed by atoms with E-state index in [9.17, 15) is 35.9 Å². The number of methoxy groups -OCH3 is 2. The number of nitrogens with zero attached hydrogens (tertiary/aromatic N) is 3. The van der Waals surface area contributed by atoms with Gasteiger partial charge >= 0.3 is 40.0 Å². The third-order valence-electron chi connectivity index (χ3n) is 5.84. The maximum atomic E-state index is 11.9. The van der Waals surface area contributed by atoms with Gasteiger partial charge < -0.3 is 18.6 Å². The van der Waals surface area contributed by atoms with E-state index in [0.717, 1.165) is 50.2 Å². The average molecular weight is 715 g/mol. The van der Waals surface area contributed by atoms with Crippen molar-refractivity contribution in [2.75, 3.05) is 27.3 Å². The van der Waals surface area contributed by atoms with Crippen LogP contribution in [-0.2, 0) is 69.5 Å². The Morgan fingerprint density at radius 2 is 1.12 bits per heavy atom. The SMILES string of the molecule is COC(=O)[C@@H]1CCCN1Cc1cccc(CN2CCC[C@H]2C(=O)OC)n1.O=S(=O)([O-])C(F)(F)F.O=S(=O)([O-])C(F)(F)F.[Fe+2]. The number of ether oxygens (including phenoxy) is 2. The van der Waals surface area contributed by atoms with Crippen molar-refractivity contribution in [2.24, 2.45) is 0 Å². The van der Waals surface area contributed by atoms with Crippen LogP contribution in [0.1, 0.15) is 37.1 Å². The van der Waals surface area contributed by atoms with Crippen molar-refractivity contribution in [2.45, 2.75) is 61.9 Å². The number of carbonyl (C=O) groups excluding carboxylic acids is 2. The van der Waals surface area contributed by atoms with E-state index in [0.29, 0.717) is 13.1 Å². The fraction of sp³-hybridized carbons (Fsp3) is 0.667. The van der Waals surface area contributed by atoms with Crippen LogP contribution in [0, 0.1) is 0 Å². The van der Waals surface area contributed by atoms with E-state index < -0.39 is 31.3 Å². The number of alkyl halides is 6. The molecule has 3 rings (SSSR count). The van der Waals surface area contributed by atoms with E-state index in [1.807, 2.05) is 18.2 Å². The van der Waals surface area contributed by atoms with Gasteiger partial charge in [-0.3, -0.25) is 24.4 Å². The van der Waals surface area contributed by atoms with Crippen LogP contribution < -0.4 is 0 Å². The minimum Gasteiger partial charge on any atom is -0.741 e. The summed E-state index contributed by atoms with van der Waals surface area (Å²) in [6, 6.07) is 5.61. The summed E-state index contributed by atoms with van der Waals surface area (Å²) in [6.45, 7) is 3.02. The zero-order valence-corrected chi connectivity index (χ0v) is 25.1. The fourth-order valence-corrected chi connectivity index (χ4v) is 3.96. The van der Waals surface area contributed by atoms with Gasteiger partial charge in [0.25, 0.3) is 0 Å². The molecule has 1 aromatic heterocycles. The third-order valence-corrected chi connectivity index (χ3v) is 6.97. The van der Waals surface area contributed by atoms with E-state index in [1.165, 1.54) is 14.2 Å². The molecule has 3 heterocycles. The van der Waals surface area contributed by atoms with Crippen LogP contribution in [-0.4, -0.2) is 103 Å². The zero-order valence-electron chi connectivity index (χ0n) is 22.4. The molecule has 43 heavy (non-hydrogen) atoms. The second kappa shape index (κ2) is 16.8. The Hall–Kier alpha value is -2.07. The molecule has 2 fully saturated rings. The minimum absolute atomic E-state index is 0. The Kier molecular flexibility index (Phi) is 16.0. The molecule has 0 aliphatic carbocycles. The van der Waals surface area contributed by atoms with Gasteiger partial charge in [0.2, 0.25) is 0 Å². The third kappa shape index (κ3) is 13.2. The molecular formula is C21H27F6FeN3O10S2. The Balaban J connectivity index is 0.000000860. The normalized spacial score (nSPS) is 19.7. The van der Waals surface area contributed by atoms with Gasteiger partial charge in [0, 0.05) is 13.1 Å². The van der Waals surface area contributed by atoms with Gasteiger partial charge in [-0.15, -0.1) is 0 Å². The molecular weight excluding hydrogens is 688 g/mol. The molecule has 2 aliphatic heterocycles. The Morgan fingerprint density at radius 1 is 0.814 bits per heavy atom. The number of hydrogen-bond acceptors (Lipinski definition) is 13. The summed E-state index contributed by atoms with van der Waals surface area (Å²) < 4.78 is 128. The molecule has 1 aromatic rings. The molecule has 0 aromatic carbocycles. The Bertz CT molecular complexity index is 1190. The second-order valence-corrected chi connectivity index (χ2v) is 11.5. The van der Waals surface area contributed by atoms with E-state index in [1.54, 1.807) is 0 Å². The number of pyridine rings is 1. The van der Waals surface area contributed by atoms with Crippen molar-refractivity contribution in [3.63, 3.8) is 0 Å². The van der Waals surface area contributed by atoms with Crippen LogP contribution in [0.5, 0.6) is 0 Å². The molecule has 22 heteroatoms. The predicted molar refractivity (Wildman–Crippen MR) is 127 cm³/mol. The first-order valence-electron chi connectivity index (χ1n) is 11.7. The van der Waals surface area contributed by atoms with E-state index in [-0.39, 0.29) is 41.1 Å². The van der Waals surface area contributed by atoms with Crippen LogP contribution in [0.3, 0.4) is 0 Å². The van der Waals surface area contributed by atoms with Gasteiger partial charge in [-0.2, -0.15) is 26.3 Å². The van der Waals surface area contributed by atoms with Gasteiger partial charge in [0.05, 0.1) is 25.6 Å². The average Bonchev–Trinajstić information content (AvgIpc) is 3.51. The number of rotatable bonds is 6. The van der Waals surface area contributed by atoms with Gasteiger partial charge in [-0.25, -0.2) is 16.8 Å². The van der Waals surface area contributed by atoms with E-state index >= 15 is 0 Å². The molecule has 2 saturated heterocycles. The van der Waals surface area contributed by atoms with E-state index in [2.05, 4.69) is 9.80 Å². The molecule has 0 amide bonds. The smallest absolute Gasteiger partial charge is 0.741 e. The first-order chi connectivity index (χ1) is 19.1. The molecule has 0 bridgehead atoms. The number of halogens is 6. The molecule has 2 atom stereocenters. The maximum Gasteiger partial charge on any atom is 2.00 e. The van der Waals surface area contributed by atoms with E-state index in [4.69, 9.17) is 40.4 Å². The monoisotopic (exact) mass is 715 g/mol. The number of hydrogen-bond donors (Lipinski definition) is 0. The van der Waals surface area contributed by atoms with Crippen LogP contribution in [0.15, 0.2) is 18.2 Å². The quantitative estimate of drug-likeness (QED) is 0.136. The summed E-state index contributed by atoms with van der Waals surface area (Å²) in [5.41, 5.74) is -9.42. The molecule has 0 saturated carbocycles. The summed E-state index contributed by atoms with van der Waals surface area (Å²) in [4.78, 5) is 32.8. The maximum absolute atomic E-state index is 11.9. The number of carbonyl (C=O) groups is 2. The van der Waals surface area contributed by atoms with Gasteiger partial charge in [-0.05, 0) is 50.9 Å². The molecule has 248 valence electrons. The number of likely N-dealkylation sites (tertiary alicyclic amines) is 2. The second-order valence-electron chi connectivity index (χ2n) is 8.72. The molecule has 0 N–H and O–H groups in total. The number of aromatic nitrogens is 1. The van der Waals surface area contributed by atoms with Gasteiger partial charge in [0.1, 0.15) is 12.1 Å². The zero-order chi connectivity index (χ0) is 32.5. The molecule has 0 unspecified atom stereocenters. The van der Waals surface area contributed by atoms with Crippen LogP contribution >= 0.6 is 0 Å². The van der Waals surface area contributed by atoms with Crippen LogP contribution in [0.2, 0.25) is 0 Å². The van der Waals surface area contributed by atoms with Gasteiger partial charge in [-0.1, -0.05) is 6.07 Å². The van der Waals surface area contributed by atoms with Crippen molar-refractivity contribution in [3.05, 3.63) is 29.6 Å². The molecule has 0 spiro atoms. The fourth-order valence-electron chi connectivity index (χ4n) is 3.96. The minimum atomic E-state index is -6.09. The predicted octanol–water partition coefficient (Wildman–Crippen LogP) is 1.46. The largest absolute Gasteiger partial charge is 2.00 e. The molecule has 0 radical (unpaired) electrons. The van der Waals surface area contributed by atoms with Crippen molar-refractivity contribution < 1.29 is 88.4 Å². The van der Waals surface area contributed by atoms with Crippen molar-refractivity contribution in [1.82, 2.24) is 14.8 Å². The summed E-state index contributed by atoms with van der Waals surface area (Å²) in [5.74, 6) is -0.340. The summed E-state index contributed by atoms with van der Waals surface area (Å²) in [6.07, 6.45) is 3.66. The first-order valence-corrected chi connectivity index (χ1v) is 14.6. The standard InChI is InChI=1S/C19H27N3O4.2CHF3O3S.Fe/c1-25-18(23)16-8-4-10-21(16)12-14-6-3-7-15(20-14)13-22-11-5-9-17(22)19(24)26-2;2*2-1(3,4)8(5,6)7;/h3,6-7,16-17H,4-5,8-13H2,1-2H3;2*(H,5,6,7);/q;;;+2/p-2/t16-,17-;;;/m0.../s1. The number of esters is 2. The summed E-state index contributed by atoms with van der Waals surface area (Å²) in [5, 5.41) is 0. The summed E-state index contributed by atoms with van der Waals surface area (Å²) in [7, 11) is -9.31. The Labute approximate surface area is 253 Å². The van der Waals surface area contributed by atoms with Crippen molar-refractivity contribution >= 4 is 32.2 Å². The van der Waals surface area contributed by atoms with Gasteiger partial charge in [0.15, 0.2) is 20.2 Å². The van der Waals surface area contributed by atoms with Crippen molar-refractivity contribution in [1.29, 1.82) is 0 Å².